The fourth-order valence-corrected chi connectivity index (χ4v) is 2.59. The van der Waals surface area contributed by atoms with Crippen molar-refractivity contribution in [2.75, 3.05) is 12.8 Å². The van der Waals surface area contributed by atoms with E-state index < -0.39 is 0 Å². The second-order valence-electron chi connectivity index (χ2n) is 5.35. The van der Waals surface area contributed by atoms with Gasteiger partial charge in [-0.15, -0.1) is 0 Å². The highest BCUT2D eigenvalue weighted by molar-refractivity contribution is 6.10. The average Bonchev–Trinajstić information content (AvgIpc) is 2.94. The molecular formula is C18H17N3O3. The molecule has 0 spiro atoms. The lowest BCUT2D eigenvalue weighted by molar-refractivity contribution is -0.140. The molecule has 3 aromatic rings. The van der Waals surface area contributed by atoms with E-state index in [0.717, 1.165) is 5.52 Å². The Balaban J connectivity index is 1.92. The van der Waals surface area contributed by atoms with E-state index in [1.807, 2.05) is 18.2 Å². The Kier molecular flexibility index (Phi) is 4.29. The standard InChI is InChI=1S/C18H17N3O3/c1-24-16(22)9-10-21-15-8-7-13(11-14(15)20-18(21)19)17(23)12-5-3-2-4-6-12/h2-8,11H,9-10H2,1H3,(H2,19,20). The number of rotatable bonds is 5. The van der Waals surface area contributed by atoms with Gasteiger partial charge < -0.3 is 15.0 Å². The first-order valence-electron chi connectivity index (χ1n) is 7.52. The highest BCUT2D eigenvalue weighted by Gasteiger charge is 2.14. The van der Waals surface area contributed by atoms with E-state index in [0.29, 0.717) is 29.1 Å². The van der Waals surface area contributed by atoms with Crippen LogP contribution in [0.15, 0.2) is 48.5 Å². The summed E-state index contributed by atoms with van der Waals surface area (Å²) in [5, 5.41) is 0. The quantitative estimate of drug-likeness (QED) is 0.575. The van der Waals surface area contributed by atoms with Crippen LogP contribution >= 0.6 is 0 Å². The smallest absolute Gasteiger partial charge is 0.307 e. The van der Waals surface area contributed by atoms with Crippen molar-refractivity contribution in [3.63, 3.8) is 0 Å². The highest BCUT2D eigenvalue weighted by atomic mass is 16.5. The summed E-state index contributed by atoms with van der Waals surface area (Å²) >= 11 is 0. The lowest BCUT2D eigenvalue weighted by Crippen LogP contribution is -2.09. The Hall–Kier alpha value is -3.15. The Morgan fingerprint density at radius 3 is 2.58 bits per heavy atom. The van der Waals surface area contributed by atoms with E-state index in [1.165, 1.54) is 7.11 Å². The van der Waals surface area contributed by atoms with Gasteiger partial charge in [0.1, 0.15) is 0 Å². The first-order chi connectivity index (χ1) is 11.6. The number of aryl methyl sites for hydroxylation is 1. The molecule has 3 rings (SSSR count). The van der Waals surface area contributed by atoms with Gasteiger partial charge in [-0.2, -0.15) is 0 Å². The number of carbonyl (C=O) groups is 2. The van der Waals surface area contributed by atoms with E-state index >= 15 is 0 Å². The van der Waals surface area contributed by atoms with Crippen LogP contribution in [0.5, 0.6) is 0 Å². The number of esters is 1. The van der Waals surface area contributed by atoms with Crippen LogP contribution in [0.3, 0.4) is 0 Å². The van der Waals surface area contributed by atoms with Gasteiger partial charge in [-0.3, -0.25) is 9.59 Å². The minimum absolute atomic E-state index is 0.0693. The van der Waals surface area contributed by atoms with Crippen molar-refractivity contribution in [3.8, 4) is 0 Å². The first kappa shape index (κ1) is 15.7. The molecule has 0 unspecified atom stereocenters. The molecule has 0 saturated heterocycles. The van der Waals surface area contributed by atoms with Gasteiger partial charge in [0.25, 0.3) is 0 Å². The maximum atomic E-state index is 12.5. The molecule has 0 bridgehead atoms. The summed E-state index contributed by atoms with van der Waals surface area (Å²) in [4.78, 5) is 28.1. The minimum Gasteiger partial charge on any atom is -0.469 e. The third-order valence-electron chi connectivity index (χ3n) is 3.84. The average molecular weight is 323 g/mol. The maximum absolute atomic E-state index is 12.5. The number of carbonyl (C=O) groups excluding carboxylic acids is 2. The number of nitrogens with zero attached hydrogens (tertiary/aromatic N) is 2. The predicted octanol–water partition coefficient (Wildman–Crippen LogP) is 2.41. The molecule has 1 heterocycles. The van der Waals surface area contributed by atoms with Crippen LogP contribution in [-0.2, 0) is 16.1 Å². The Morgan fingerprint density at radius 1 is 1.12 bits per heavy atom. The largest absolute Gasteiger partial charge is 0.469 e. The third-order valence-corrected chi connectivity index (χ3v) is 3.84. The predicted molar refractivity (Wildman–Crippen MR) is 90.7 cm³/mol. The molecule has 6 heteroatoms. The van der Waals surface area contributed by atoms with Crippen LogP contribution in [0, 0.1) is 0 Å². The molecule has 122 valence electrons. The van der Waals surface area contributed by atoms with E-state index in [2.05, 4.69) is 9.72 Å². The number of methoxy groups -OCH3 is 1. The molecule has 2 aromatic carbocycles. The van der Waals surface area contributed by atoms with Gasteiger partial charge in [0.05, 0.1) is 24.6 Å². The Labute approximate surface area is 138 Å². The number of hydrogen-bond donors (Lipinski definition) is 1. The number of benzene rings is 2. The summed E-state index contributed by atoms with van der Waals surface area (Å²) in [5.74, 6) is -0.0782. The molecule has 0 aliphatic heterocycles. The number of anilines is 1. The van der Waals surface area contributed by atoms with Crippen molar-refractivity contribution in [1.29, 1.82) is 0 Å². The molecule has 6 nitrogen and oxygen atoms in total. The molecule has 0 amide bonds. The maximum Gasteiger partial charge on any atom is 0.307 e. The van der Waals surface area contributed by atoms with Gasteiger partial charge >= 0.3 is 5.97 Å². The topological polar surface area (TPSA) is 87.2 Å². The van der Waals surface area contributed by atoms with Gasteiger partial charge in [0.15, 0.2) is 5.78 Å². The molecule has 0 aliphatic rings. The molecule has 0 atom stereocenters. The van der Waals surface area contributed by atoms with Crippen LogP contribution in [0.2, 0.25) is 0 Å². The monoisotopic (exact) mass is 323 g/mol. The number of aromatic nitrogens is 2. The van der Waals surface area contributed by atoms with Crippen molar-refractivity contribution in [2.24, 2.45) is 0 Å². The van der Waals surface area contributed by atoms with Gasteiger partial charge in [0, 0.05) is 17.7 Å². The number of ether oxygens (including phenoxy) is 1. The molecule has 0 radical (unpaired) electrons. The Morgan fingerprint density at radius 2 is 1.88 bits per heavy atom. The SMILES string of the molecule is COC(=O)CCn1c(N)nc2cc(C(=O)c3ccccc3)ccc21. The van der Waals surface area contributed by atoms with E-state index in [-0.39, 0.29) is 18.2 Å². The summed E-state index contributed by atoms with van der Waals surface area (Å²) in [5.41, 5.74) is 8.50. The van der Waals surface area contributed by atoms with Gasteiger partial charge in [-0.1, -0.05) is 30.3 Å². The van der Waals surface area contributed by atoms with Crippen molar-refractivity contribution in [2.45, 2.75) is 13.0 Å². The summed E-state index contributed by atoms with van der Waals surface area (Å²) in [6, 6.07) is 14.3. The lowest BCUT2D eigenvalue weighted by Gasteiger charge is -2.06. The van der Waals surface area contributed by atoms with Crippen molar-refractivity contribution in [1.82, 2.24) is 9.55 Å². The van der Waals surface area contributed by atoms with E-state index in [9.17, 15) is 9.59 Å². The summed E-state index contributed by atoms with van der Waals surface area (Å²) in [7, 11) is 1.35. The lowest BCUT2D eigenvalue weighted by atomic mass is 10.0. The molecule has 1 aromatic heterocycles. The molecule has 24 heavy (non-hydrogen) atoms. The van der Waals surface area contributed by atoms with Crippen molar-refractivity contribution in [3.05, 3.63) is 59.7 Å². The molecule has 2 N–H and O–H groups in total. The number of nitrogens with two attached hydrogens (primary N) is 1. The van der Waals surface area contributed by atoms with E-state index in [4.69, 9.17) is 5.73 Å². The molecule has 0 aliphatic carbocycles. The van der Waals surface area contributed by atoms with Crippen molar-refractivity contribution >= 4 is 28.7 Å². The van der Waals surface area contributed by atoms with Crippen LogP contribution in [0.1, 0.15) is 22.3 Å². The number of ketones is 1. The highest BCUT2D eigenvalue weighted by Crippen LogP contribution is 2.21. The normalized spacial score (nSPS) is 10.7. The van der Waals surface area contributed by atoms with Gasteiger partial charge in [-0.25, -0.2) is 4.98 Å². The van der Waals surface area contributed by atoms with Gasteiger partial charge in [0.2, 0.25) is 5.95 Å². The zero-order chi connectivity index (χ0) is 17.1. The summed E-state index contributed by atoms with van der Waals surface area (Å²) < 4.78 is 6.38. The van der Waals surface area contributed by atoms with E-state index in [1.54, 1.807) is 34.9 Å². The first-order valence-corrected chi connectivity index (χ1v) is 7.52. The fourth-order valence-electron chi connectivity index (χ4n) is 2.59. The van der Waals surface area contributed by atoms with Crippen LogP contribution in [0.25, 0.3) is 11.0 Å². The number of fused-ring (bicyclic) bond motifs is 1. The third kappa shape index (κ3) is 2.99. The number of imidazole rings is 1. The number of hydrogen-bond acceptors (Lipinski definition) is 5. The Bertz CT molecular complexity index is 901. The van der Waals surface area contributed by atoms with Crippen LogP contribution < -0.4 is 5.73 Å². The second-order valence-corrected chi connectivity index (χ2v) is 5.35. The molecular weight excluding hydrogens is 306 g/mol. The zero-order valence-corrected chi connectivity index (χ0v) is 13.2. The molecule has 0 fully saturated rings. The van der Waals surface area contributed by atoms with Crippen LogP contribution in [-0.4, -0.2) is 28.4 Å². The van der Waals surface area contributed by atoms with Crippen molar-refractivity contribution < 1.29 is 14.3 Å². The van der Waals surface area contributed by atoms with Gasteiger partial charge in [-0.05, 0) is 18.2 Å². The number of nitrogen functional groups attached to an aromatic ring is 1. The summed E-state index contributed by atoms with van der Waals surface area (Å²) in [6.07, 6.45) is 0.205. The van der Waals surface area contributed by atoms with Crippen LogP contribution in [0.4, 0.5) is 5.95 Å². The zero-order valence-electron chi connectivity index (χ0n) is 13.2. The summed E-state index contributed by atoms with van der Waals surface area (Å²) in [6.45, 7) is 0.376. The fraction of sp³-hybridized carbons (Fsp3) is 0.167. The minimum atomic E-state index is -0.313. The molecule has 0 saturated carbocycles. The second kappa shape index (κ2) is 6.54.